The first-order valence-corrected chi connectivity index (χ1v) is 4.09. The molecule has 2 heterocycles. The van der Waals surface area contributed by atoms with Gasteiger partial charge in [0.25, 0.3) is 0 Å². The molecule has 0 saturated heterocycles. The Morgan fingerprint density at radius 1 is 1.56 bits per heavy atom. The summed E-state index contributed by atoms with van der Waals surface area (Å²) in [6.07, 6.45) is 1.35. The summed E-state index contributed by atoms with van der Waals surface area (Å²) in [7, 11) is 0. The van der Waals surface area contributed by atoms with Crippen LogP contribution in [-0.2, 0) is 6.61 Å². The van der Waals surface area contributed by atoms with Gasteiger partial charge in [-0.3, -0.25) is 0 Å². The summed E-state index contributed by atoms with van der Waals surface area (Å²) < 4.78 is 5.44. The van der Waals surface area contributed by atoms with Crippen molar-refractivity contribution in [1.82, 2.24) is 25.3 Å². The molecular weight excluding hydrogens is 218 g/mol. The Morgan fingerprint density at radius 3 is 2.88 bits per heavy atom. The van der Waals surface area contributed by atoms with Gasteiger partial charge in [0, 0.05) is 0 Å². The van der Waals surface area contributed by atoms with Crippen LogP contribution >= 0.6 is 0 Å². The summed E-state index contributed by atoms with van der Waals surface area (Å²) in [6.45, 7) is -0.286. The van der Waals surface area contributed by atoms with E-state index in [-0.39, 0.29) is 24.0 Å². The van der Waals surface area contributed by atoms with Gasteiger partial charge < -0.3 is 16.0 Å². The van der Waals surface area contributed by atoms with Crippen molar-refractivity contribution in [2.24, 2.45) is 5.16 Å². The standard InChI is InChI=1S/C6H7N7O3/c7-5-4(10-16-11-5)6(9-15)13-1-3(2-14)8-12-13/h1,14-15H,2H2,(H2,7,11)/b9-6+. The highest BCUT2D eigenvalue weighted by Gasteiger charge is 2.18. The largest absolute Gasteiger partial charge is 0.409 e. The van der Waals surface area contributed by atoms with E-state index < -0.39 is 0 Å². The molecule has 2 aromatic heterocycles. The van der Waals surface area contributed by atoms with Crippen molar-refractivity contribution in [3.8, 4) is 0 Å². The highest BCUT2D eigenvalue weighted by Crippen LogP contribution is 2.07. The molecule has 0 radical (unpaired) electrons. The minimum absolute atomic E-state index is 0.0249. The van der Waals surface area contributed by atoms with E-state index in [1.54, 1.807) is 0 Å². The smallest absolute Gasteiger partial charge is 0.227 e. The van der Waals surface area contributed by atoms with E-state index in [9.17, 15) is 0 Å². The van der Waals surface area contributed by atoms with Gasteiger partial charge >= 0.3 is 0 Å². The number of oxime groups is 1. The summed E-state index contributed by atoms with van der Waals surface area (Å²) in [5, 5.41) is 34.6. The predicted octanol–water partition coefficient (Wildman–Crippen LogP) is -1.58. The Balaban J connectivity index is 2.41. The second-order valence-corrected chi connectivity index (χ2v) is 2.73. The number of hydrogen-bond acceptors (Lipinski definition) is 9. The molecule has 16 heavy (non-hydrogen) atoms. The Labute approximate surface area is 87.9 Å². The van der Waals surface area contributed by atoms with Crippen LogP contribution in [0.3, 0.4) is 0 Å². The molecule has 0 aliphatic heterocycles. The van der Waals surface area contributed by atoms with Crippen LogP contribution < -0.4 is 5.73 Å². The fourth-order valence-electron chi connectivity index (χ4n) is 1.03. The van der Waals surface area contributed by atoms with Gasteiger partial charge in [-0.05, 0) is 10.3 Å². The number of aliphatic hydroxyl groups is 1. The zero-order valence-electron chi connectivity index (χ0n) is 7.85. The Hall–Kier alpha value is -2.49. The lowest BCUT2D eigenvalue weighted by Crippen LogP contribution is -2.16. The molecule has 10 heteroatoms. The molecule has 0 atom stereocenters. The quantitative estimate of drug-likeness (QED) is 0.240. The number of hydrogen-bond donors (Lipinski definition) is 3. The molecule has 0 fully saturated rings. The number of rotatable bonds is 2. The van der Waals surface area contributed by atoms with Crippen molar-refractivity contribution >= 4 is 11.7 Å². The van der Waals surface area contributed by atoms with Gasteiger partial charge in [0.2, 0.25) is 5.84 Å². The first-order chi connectivity index (χ1) is 7.76. The minimum atomic E-state index is -0.286. The maximum absolute atomic E-state index is 8.83. The number of aromatic nitrogens is 5. The summed E-state index contributed by atoms with van der Waals surface area (Å²) >= 11 is 0. The SMILES string of the molecule is Nc1nonc1/C(=N\O)n1cc(CO)nn1. The van der Waals surface area contributed by atoms with Crippen molar-refractivity contribution in [3.63, 3.8) is 0 Å². The number of nitrogens with zero attached hydrogens (tertiary/aromatic N) is 6. The molecule has 0 amide bonds. The summed E-state index contributed by atoms with van der Waals surface area (Å²) in [5.74, 6) is -0.153. The maximum Gasteiger partial charge on any atom is 0.227 e. The number of anilines is 1. The molecule has 84 valence electrons. The second-order valence-electron chi connectivity index (χ2n) is 2.73. The lowest BCUT2D eigenvalue weighted by Gasteiger charge is -1.97. The molecule has 10 nitrogen and oxygen atoms in total. The van der Waals surface area contributed by atoms with E-state index in [2.05, 4.69) is 30.4 Å². The van der Waals surface area contributed by atoms with Crippen LogP contribution in [0.2, 0.25) is 0 Å². The lowest BCUT2D eigenvalue weighted by atomic mass is 10.4. The third-order valence-corrected chi connectivity index (χ3v) is 1.74. The van der Waals surface area contributed by atoms with Gasteiger partial charge in [-0.15, -0.1) is 5.10 Å². The van der Waals surface area contributed by atoms with Gasteiger partial charge in [-0.25, -0.2) is 4.63 Å². The molecule has 0 aliphatic rings. The normalized spacial score (nSPS) is 11.9. The number of nitrogen functional groups attached to an aromatic ring is 1. The maximum atomic E-state index is 8.83. The van der Waals surface area contributed by atoms with Gasteiger partial charge in [-0.1, -0.05) is 10.4 Å². The van der Waals surface area contributed by atoms with Crippen LogP contribution in [0.25, 0.3) is 0 Å². The molecule has 0 aliphatic carbocycles. The van der Waals surface area contributed by atoms with Crippen molar-refractivity contribution < 1.29 is 14.9 Å². The van der Waals surface area contributed by atoms with Crippen LogP contribution in [0.4, 0.5) is 5.82 Å². The molecule has 4 N–H and O–H groups in total. The fourth-order valence-corrected chi connectivity index (χ4v) is 1.03. The zero-order valence-corrected chi connectivity index (χ0v) is 7.85. The molecule has 2 aromatic rings. The van der Waals surface area contributed by atoms with Crippen LogP contribution in [0, 0.1) is 0 Å². The molecule has 0 aromatic carbocycles. The van der Waals surface area contributed by atoms with Crippen LogP contribution in [-0.4, -0.2) is 41.5 Å². The zero-order chi connectivity index (χ0) is 11.5. The van der Waals surface area contributed by atoms with Crippen molar-refractivity contribution in [2.45, 2.75) is 6.61 Å². The first-order valence-electron chi connectivity index (χ1n) is 4.09. The van der Waals surface area contributed by atoms with Gasteiger partial charge in [0.1, 0.15) is 5.69 Å². The number of aliphatic hydroxyl groups excluding tert-OH is 1. The molecule has 0 bridgehead atoms. The predicted molar refractivity (Wildman–Crippen MR) is 48.4 cm³/mol. The topological polar surface area (TPSA) is 148 Å². The lowest BCUT2D eigenvalue weighted by molar-refractivity contribution is 0.276. The molecule has 2 rings (SSSR count). The Kier molecular flexibility index (Phi) is 2.47. The third-order valence-electron chi connectivity index (χ3n) is 1.74. The fraction of sp³-hybridized carbons (Fsp3) is 0.167. The molecule has 0 spiro atoms. The second kappa shape index (κ2) is 3.94. The minimum Gasteiger partial charge on any atom is -0.409 e. The van der Waals surface area contributed by atoms with Crippen LogP contribution in [0.5, 0.6) is 0 Å². The summed E-state index contributed by atoms with van der Waals surface area (Å²) in [6, 6.07) is 0. The van der Waals surface area contributed by atoms with Crippen molar-refractivity contribution in [3.05, 3.63) is 17.6 Å². The van der Waals surface area contributed by atoms with Gasteiger partial charge in [0.05, 0.1) is 12.8 Å². The molecule has 0 saturated carbocycles. The van der Waals surface area contributed by atoms with Gasteiger partial charge in [0.15, 0.2) is 11.5 Å². The monoisotopic (exact) mass is 225 g/mol. The average Bonchev–Trinajstić information content (AvgIpc) is 2.90. The van der Waals surface area contributed by atoms with E-state index in [0.717, 1.165) is 4.68 Å². The van der Waals surface area contributed by atoms with Gasteiger partial charge in [-0.2, -0.15) is 4.68 Å². The highest BCUT2D eigenvalue weighted by atomic mass is 16.6. The highest BCUT2D eigenvalue weighted by molar-refractivity contribution is 6.00. The molecule has 0 unspecified atom stereocenters. The first kappa shape index (κ1) is 10.0. The average molecular weight is 225 g/mol. The van der Waals surface area contributed by atoms with E-state index >= 15 is 0 Å². The summed E-state index contributed by atoms with van der Waals surface area (Å²) in [5.41, 5.74) is 5.75. The molecular formula is C6H7N7O3. The van der Waals surface area contributed by atoms with E-state index in [1.165, 1.54) is 6.20 Å². The number of nitrogens with two attached hydrogens (primary N) is 1. The van der Waals surface area contributed by atoms with Crippen LogP contribution in [0.15, 0.2) is 16.0 Å². The van der Waals surface area contributed by atoms with Crippen LogP contribution in [0.1, 0.15) is 11.4 Å². The third kappa shape index (κ3) is 1.56. The Morgan fingerprint density at radius 2 is 2.38 bits per heavy atom. The van der Waals surface area contributed by atoms with Crippen molar-refractivity contribution in [1.29, 1.82) is 0 Å². The van der Waals surface area contributed by atoms with Crippen molar-refractivity contribution in [2.75, 3.05) is 5.73 Å². The Bertz CT molecular complexity index is 516. The summed E-state index contributed by atoms with van der Waals surface area (Å²) in [4.78, 5) is 0. The van der Waals surface area contributed by atoms with E-state index in [0.29, 0.717) is 5.69 Å². The van der Waals surface area contributed by atoms with E-state index in [4.69, 9.17) is 16.0 Å². The van der Waals surface area contributed by atoms with E-state index in [1.807, 2.05) is 0 Å².